The predicted molar refractivity (Wildman–Crippen MR) is 66.8 cm³/mol. The molecule has 2 aromatic rings. The molecule has 1 aliphatic rings. The first-order chi connectivity index (χ1) is 8.85. The van der Waals surface area contributed by atoms with Crippen LogP contribution >= 0.6 is 0 Å². The van der Waals surface area contributed by atoms with E-state index in [0.717, 1.165) is 11.4 Å². The molecule has 3 rings (SSSR count). The molecular formula is C13H15N3O2. The van der Waals surface area contributed by atoms with Crippen LogP contribution in [0.1, 0.15) is 18.9 Å². The Bertz CT molecular complexity index is 561. The Morgan fingerprint density at radius 1 is 1.22 bits per heavy atom. The maximum Gasteiger partial charge on any atom is 0.171 e. The Labute approximate surface area is 105 Å². The molecular weight excluding hydrogens is 230 g/mol. The van der Waals surface area contributed by atoms with E-state index in [9.17, 15) is 0 Å². The third-order valence-electron chi connectivity index (χ3n) is 3.16. The van der Waals surface area contributed by atoms with Gasteiger partial charge in [0.2, 0.25) is 0 Å². The molecule has 0 amide bonds. The van der Waals surface area contributed by atoms with E-state index in [2.05, 4.69) is 14.8 Å². The van der Waals surface area contributed by atoms with Crippen LogP contribution in [-0.4, -0.2) is 29.0 Å². The van der Waals surface area contributed by atoms with E-state index < -0.39 is 0 Å². The fraction of sp³-hybridized carbons (Fsp3) is 0.385. The summed E-state index contributed by atoms with van der Waals surface area (Å²) in [7, 11) is 3.27. The van der Waals surface area contributed by atoms with Gasteiger partial charge in [-0.25, -0.2) is 0 Å². The monoisotopic (exact) mass is 245 g/mol. The molecule has 1 aliphatic carbocycles. The minimum atomic E-state index is 0.533. The van der Waals surface area contributed by atoms with Gasteiger partial charge < -0.3 is 14.0 Å². The normalized spacial score (nSPS) is 14.6. The Kier molecular flexibility index (Phi) is 2.66. The van der Waals surface area contributed by atoms with Gasteiger partial charge in [-0.15, -0.1) is 10.2 Å². The molecule has 94 valence electrons. The Balaban J connectivity index is 2.12. The molecule has 0 aliphatic heterocycles. The van der Waals surface area contributed by atoms with Crippen LogP contribution in [0, 0.1) is 0 Å². The molecule has 5 nitrogen and oxygen atoms in total. The number of hydrogen-bond donors (Lipinski definition) is 0. The van der Waals surface area contributed by atoms with Crippen LogP contribution in [0.15, 0.2) is 24.5 Å². The van der Waals surface area contributed by atoms with Crippen LogP contribution in [0.2, 0.25) is 0 Å². The molecule has 0 N–H and O–H groups in total. The summed E-state index contributed by atoms with van der Waals surface area (Å²) in [5, 5.41) is 8.22. The maximum atomic E-state index is 5.44. The van der Waals surface area contributed by atoms with Crippen molar-refractivity contribution in [3.8, 4) is 22.9 Å². The number of rotatable bonds is 4. The second kappa shape index (κ2) is 4.33. The number of nitrogens with zero attached hydrogens (tertiary/aromatic N) is 3. The Hall–Kier alpha value is -2.04. The number of aromatic nitrogens is 3. The quantitative estimate of drug-likeness (QED) is 0.829. The summed E-state index contributed by atoms with van der Waals surface area (Å²) < 4.78 is 12.9. The summed E-state index contributed by atoms with van der Waals surface area (Å²) in [6.07, 6.45) is 4.17. The van der Waals surface area contributed by atoms with Crippen LogP contribution in [0.4, 0.5) is 0 Å². The number of ether oxygens (including phenoxy) is 2. The highest BCUT2D eigenvalue weighted by Crippen LogP contribution is 2.41. The van der Waals surface area contributed by atoms with Crippen molar-refractivity contribution in [2.75, 3.05) is 14.2 Å². The summed E-state index contributed by atoms with van der Waals surface area (Å²) in [5.41, 5.74) is 0.918. The van der Waals surface area contributed by atoms with Crippen LogP contribution in [0.3, 0.4) is 0 Å². The second-order valence-electron chi connectivity index (χ2n) is 4.33. The molecule has 0 atom stereocenters. The lowest BCUT2D eigenvalue weighted by Crippen LogP contribution is -1.99. The van der Waals surface area contributed by atoms with Crippen molar-refractivity contribution in [2.45, 2.75) is 18.9 Å². The summed E-state index contributed by atoms with van der Waals surface area (Å²) in [6, 6.07) is 6.32. The lowest BCUT2D eigenvalue weighted by atomic mass is 10.1. The van der Waals surface area contributed by atoms with E-state index in [1.165, 1.54) is 12.8 Å². The zero-order valence-corrected chi connectivity index (χ0v) is 10.5. The Morgan fingerprint density at radius 3 is 2.72 bits per heavy atom. The van der Waals surface area contributed by atoms with Crippen LogP contribution in [0.5, 0.6) is 11.5 Å². The highest BCUT2D eigenvalue weighted by Gasteiger charge is 2.28. The van der Waals surface area contributed by atoms with E-state index in [1.807, 2.05) is 18.2 Å². The molecule has 1 saturated carbocycles. The third kappa shape index (κ3) is 1.72. The van der Waals surface area contributed by atoms with Gasteiger partial charge in [-0.2, -0.15) is 0 Å². The van der Waals surface area contributed by atoms with Gasteiger partial charge in [0.1, 0.15) is 6.33 Å². The third-order valence-corrected chi connectivity index (χ3v) is 3.16. The van der Waals surface area contributed by atoms with Gasteiger partial charge in [0.25, 0.3) is 0 Å². The van der Waals surface area contributed by atoms with Gasteiger partial charge >= 0.3 is 0 Å². The van der Waals surface area contributed by atoms with Gasteiger partial charge in [-0.3, -0.25) is 0 Å². The van der Waals surface area contributed by atoms with E-state index in [-0.39, 0.29) is 0 Å². The van der Waals surface area contributed by atoms with Crippen molar-refractivity contribution >= 4 is 0 Å². The lowest BCUT2D eigenvalue weighted by Gasteiger charge is -2.12. The minimum absolute atomic E-state index is 0.533. The molecule has 1 heterocycles. The van der Waals surface area contributed by atoms with E-state index in [4.69, 9.17) is 9.47 Å². The van der Waals surface area contributed by atoms with Gasteiger partial charge in [-0.1, -0.05) is 6.07 Å². The number of para-hydroxylation sites is 1. The SMILES string of the molecule is COc1cccc(-c2nncn2C2CC2)c1OC. The lowest BCUT2D eigenvalue weighted by molar-refractivity contribution is 0.356. The van der Waals surface area contributed by atoms with Crippen LogP contribution in [-0.2, 0) is 0 Å². The van der Waals surface area contributed by atoms with Crippen molar-refractivity contribution in [3.05, 3.63) is 24.5 Å². The zero-order chi connectivity index (χ0) is 12.5. The van der Waals surface area contributed by atoms with Crippen molar-refractivity contribution in [2.24, 2.45) is 0 Å². The fourth-order valence-corrected chi connectivity index (χ4v) is 2.12. The summed E-state index contributed by atoms with van der Waals surface area (Å²) in [5.74, 6) is 2.25. The van der Waals surface area contributed by atoms with E-state index >= 15 is 0 Å². The minimum Gasteiger partial charge on any atom is -0.493 e. The molecule has 1 fully saturated rings. The molecule has 0 spiro atoms. The standard InChI is InChI=1S/C13H15N3O2/c1-17-11-5-3-4-10(12(11)18-2)13-15-14-8-16(13)9-6-7-9/h3-5,8-9H,6-7H2,1-2H3. The number of benzene rings is 1. The zero-order valence-electron chi connectivity index (χ0n) is 10.5. The first-order valence-electron chi connectivity index (χ1n) is 5.96. The molecule has 5 heteroatoms. The number of methoxy groups -OCH3 is 2. The van der Waals surface area contributed by atoms with Gasteiger partial charge in [-0.05, 0) is 25.0 Å². The summed E-state index contributed by atoms with van der Waals surface area (Å²) >= 11 is 0. The van der Waals surface area contributed by atoms with Crippen molar-refractivity contribution in [1.82, 2.24) is 14.8 Å². The first-order valence-corrected chi connectivity index (χ1v) is 5.96. The topological polar surface area (TPSA) is 49.2 Å². The molecule has 0 unspecified atom stereocenters. The predicted octanol–water partition coefficient (Wildman–Crippen LogP) is 2.30. The highest BCUT2D eigenvalue weighted by molar-refractivity contribution is 5.69. The molecule has 0 bridgehead atoms. The Morgan fingerprint density at radius 2 is 2.06 bits per heavy atom. The smallest absolute Gasteiger partial charge is 0.171 e. The van der Waals surface area contributed by atoms with Crippen molar-refractivity contribution in [1.29, 1.82) is 0 Å². The largest absolute Gasteiger partial charge is 0.493 e. The molecule has 0 saturated heterocycles. The maximum absolute atomic E-state index is 5.44. The first kappa shape index (κ1) is 11.1. The average Bonchev–Trinajstić information content (AvgIpc) is 3.15. The van der Waals surface area contributed by atoms with E-state index in [0.29, 0.717) is 17.5 Å². The molecule has 1 aromatic carbocycles. The molecule has 1 aromatic heterocycles. The number of hydrogen-bond acceptors (Lipinski definition) is 4. The van der Waals surface area contributed by atoms with Gasteiger partial charge in [0.15, 0.2) is 17.3 Å². The van der Waals surface area contributed by atoms with Gasteiger partial charge in [0, 0.05) is 6.04 Å². The molecule has 18 heavy (non-hydrogen) atoms. The van der Waals surface area contributed by atoms with Crippen molar-refractivity contribution in [3.63, 3.8) is 0 Å². The van der Waals surface area contributed by atoms with Gasteiger partial charge in [0.05, 0.1) is 19.8 Å². The average molecular weight is 245 g/mol. The van der Waals surface area contributed by atoms with Crippen LogP contribution in [0.25, 0.3) is 11.4 Å². The second-order valence-corrected chi connectivity index (χ2v) is 4.33. The molecule has 0 radical (unpaired) electrons. The highest BCUT2D eigenvalue weighted by atomic mass is 16.5. The summed E-state index contributed by atoms with van der Waals surface area (Å²) in [4.78, 5) is 0. The summed E-state index contributed by atoms with van der Waals surface area (Å²) in [6.45, 7) is 0. The fourth-order valence-electron chi connectivity index (χ4n) is 2.12. The van der Waals surface area contributed by atoms with Crippen molar-refractivity contribution < 1.29 is 9.47 Å². The van der Waals surface area contributed by atoms with E-state index in [1.54, 1.807) is 20.5 Å². The van der Waals surface area contributed by atoms with Crippen LogP contribution < -0.4 is 9.47 Å².